The van der Waals surface area contributed by atoms with Crippen molar-refractivity contribution in [1.82, 2.24) is 82.6 Å². The van der Waals surface area contributed by atoms with Gasteiger partial charge in [0, 0.05) is 48.8 Å². The summed E-state index contributed by atoms with van der Waals surface area (Å²) in [5.74, 6) is -3.63. The third-order valence-corrected chi connectivity index (χ3v) is 26.9. The molecule has 25 N–H and O–H groups in total. The van der Waals surface area contributed by atoms with Crippen LogP contribution < -0.4 is 67.9 Å². The van der Waals surface area contributed by atoms with E-state index >= 15 is 0 Å². The number of hydrogen-bond acceptors (Lipinski definition) is 50. The maximum absolute atomic E-state index is 14.5. The molecule has 6 unspecified atom stereocenters. The first-order valence-electron chi connectivity index (χ1n) is 39.1. The van der Waals surface area contributed by atoms with Crippen molar-refractivity contribution in [3.63, 3.8) is 0 Å². The van der Waals surface area contributed by atoms with Crippen molar-refractivity contribution in [2.45, 2.75) is 168 Å². The topological polar surface area (TPSA) is 954 Å². The van der Waals surface area contributed by atoms with E-state index in [0.29, 0.717) is 4.57 Å². The molecule has 6 aliphatic heterocycles. The minimum atomic E-state index is -5.99. The molecule has 6 aliphatic rings. The van der Waals surface area contributed by atoms with Crippen molar-refractivity contribution < 1.29 is 180 Å². The number of nitrogens with zero attached hydrogens (tertiary/aromatic N) is 14. The van der Waals surface area contributed by atoms with Crippen molar-refractivity contribution in [2.75, 3.05) is 75.7 Å². The van der Waals surface area contributed by atoms with Gasteiger partial charge in [0.05, 0.1) is 58.9 Å². The summed E-state index contributed by atoms with van der Waals surface area (Å²) in [6.45, 7) is -7.11. The van der Waals surface area contributed by atoms with Gasteiger partial charge in [-0.3, -0.25) is 111 Å². The quantitative estimate of drug-likeness (QED) is 0.0159. The summed E-state index contributed by atoms with van der Waals surface area (Å²) in [6.07, 6.45) is -37.4. The van der Waals surface area contributed by atoms with Crippen molar-refractivity contribution in [2.24, 2.45) is 5.73 Å². The first kappa shape index (κ1) is 101. The van der Waals surface area contributed by atoms with Gasteiger partial charge in [-0.2, -0.15) is 9.97 Å². The Kier molecular flexibility index (Phi) is 30.5. The maximum Gasteiger partial charge on any atom is 0.472 e. The number of rotatable bonds is 40. The average Bonchev–Trinajstić information content (AvgIpc) is 1.55. The highest BCUT2D eigenvalue weighted by Gasteiger charge is 2.57. The van der Waals surface area contributed by atoms with Crippen LogP contribution in [0.5, 0.6) is 0 Å². The first-order valence-corrected chi connectivity index (χ1v) is 48.1. The third-order valence-electron chi connectivity index (χ3n) is 21.0. The first-order chi connectivity index (χ1) is 63.4. The van der Waals surface area contributed by atoms with Crippen LogP contribution in [0.4, 0.5) is 23.3 Å². The molecule has 72 heteroatoms. The summed E-state index contributed by atoms with van der Waals surface area (Å²) >= 11 is 0. The van der Waals surface area contributed by atoms with Gasteiger partial charge in [-0.05, 0) is 26.0 Å². The number of carbonyl (C=O) groups excluding carboxylic acids is 1. The Morgan fingerprint density at radius 2 is 0.807 bits per heavy atom. The fraction of sp³-hybridized carbons (Fsp3) is 0.556. The number of phosphoric ester groups is 6. The average molecular weight is 2040 g/mol. The standard InChI is InChI=1S/C63H84N22O44P6/c1-23-10-82(62(98)78-53(23)93)36-7-26(28(119-36)13-113-130(100,101)112-12-25(64)55(95)69-9-38(86)87)125-131(102,103)116-17-33-48(45(92)59(124-33)85-22-75-40-50(68)71-20-73-52(40)85)129-135(110,111)118-18-31-46(43(90)57(122-31)81-6-4-35(66)77-61(81)97)127-133(106,107)114-14-29-27(8-37(120-29)83-11-24(2)54(94)79-63(83)99)126-132(104,105)117-16-32-47(44(91)58(123-32)84-21-74-39-49(67)70-19-72-51(39)84)128-134(108,109)115-15-30-41(88)42(89)56(121-30)80-5-3-34(65)76-60(80)96/h3-6,10-11,19-22,25-33,36-37,41-48,56-59,88-92H,7-9,12-18,64H2,1-2H3,(H,69,95)(H,86,87)(H,100,101)(H,102,103)(H,104,105)(H,106,107)(H,108,109)(H,110,111)(H2,65,76,96)(H2,66,77,97)(H2,67,70,72)(H2,68,71,73)(H,78,93,98)(H,79,94,99)/t25-,26-,27-,28+,29+,30+,31+,32+,33+,36+,37+,41+,42+,43+,44+,45+,46+,47+,48+,56+,57+,58+,59+/m0/s1. The zero-order valence-electron chi connectivity index (χ0n) is 68.9. The van der Waals surface area contributed by atoms with E-state index in [1.807, 2.05) is 15.3 Å². The molecule has 135 heavy (non-hydrogen) atoms. The van der Waals surface area contributed by atoms with Crippen LogP contribution in [0.3, 0.4) is 0 Å². The molecule has 0 spiro atoms. The number of nitrogens with one attached hydrogen (secondary N) is 3. The van der Waals surface area contributed by atoms with E-state index in [2.05, 4.69) is 39.9 Å². The van der Waals surface area contributed by atoms with Crippen molar-refractivity contribution in [3.8, 4) is 0 Å². The molecule has 0 bridgehead atoms. The molecule has 740 valence electrons. The number of ether oxygens (including phenoxy) is 6. The zero-order chi connectivity index (χ0) is 97.8. The number of imidazole rings is 2. The molecule has 14 rings (SSSR count). The third kappa shape index (κ3) is 23.4. The second-order valence-electron chi connectivity index (χ2n) is 30.2. The van der Waals surface area contributed by atoms with Gasteiger partial charge in [0.1, 0.15) is 158 Å². The summed E-state index contributed by atoms with van der Waals surface area (Å²) in [7, 11) is -34.5. The number of nitrogen functional groups attached to an aromatic ring is 4. The lowest BCUT2D eigenvalue weighted by Crippen LogP contribution is -2.45. The molecule has 8 aromatic rings. The van der Waals surface area contributed by atoms with Gasteiger partial charge >= 0.3 is 75.7 Å². The smallest absolute Gasteiger partial charge is 0.472 e. The second-order valence-corrected chi connectivity index (χ2v) is 38.7. The number of fused-ring (bicyclic) bond motifs is 2. The number of carboxylic acid groups (broad SMARTS) is 1. The lowest BCUT2D eigenvalue weighted by atomic mass is 10.1. The van der Waals surface area contributed by atoms with E-state index in [1.165, 1.54) is 13.8 Å². The molecular formula is C63H84N22O44P6. The molecule has 14 heterocycles. The molecule has 0 aliphatic carbocycles. The number of H-pyrrole nitrogens is 2. The van der Waals surface area contributed by atoms with E-state index in [1.54, 1.807) is 0 Å². The molecule has 8 aromatic heterocycles. The van der Waals surface area contributed by atoms with Gasteiger partial charge in [-0.25, -0.2) is 76.5 Å². The molecule has 0 radical (unpaired) electrons. The second kappa shape index (κ2) is 40.5. The Morgan fingerprint density at radius 3 is 1.19 bits per heavy atom. The number of phosphoric acid groups is 6. The zero-order valence-corrected chi connectivity index (χ0v) is 74.3. The van der Waals surface area contributed by atoms with Crippen LogP contribution in [0, 0.1) is 13.8 Å². The number of anilines is 4. The predicted molar refractivity (Wildman–Crippen MR) is 434 cm³/mol. The number of nitrogens with two attached hydrogens (primary N) is 5. The Bertz CT molecular complexity index is 6450. The molecule has 0 saturated carbocycles. The Hall–Kier alpha value is -9.46. The van der Waals surface area contributed by atoms with Gasteiger partial charge in [-0.15, -0.1) is 0 Å². The molecule has 6 saturated heterocycles. The van der Waals surface area contributed by atoms with E-state index in [4.69, 9.17) is 116 Å². The lowest BCUT2D eigenvalue weighted by molar-refractivity contribution is -0.138. The number of carboxylic acids is 1. The highest BCUT2D eigenvalue weighted by molar-refractivity contribution is 7.48. The number of aromatic nitrogens is 16. The summed E-state index contributed by atoms with van der Waals surface area (Å²) in [6, 6.07) is 0.414. The van der Waals surface area contributed by atoms with Crippen LogP contribution in [0.2, 0.25) is 0 Å². The minimum absolute atomic E-state index is 0.0625. The predicted octanol–water partition coefficient (Wildman–Crippen LogP) is -7.63. The number of carbonyl (C=O) groups is 2. The number of aromatic amines is 2. The van der Waals surface area contributed by atoms with Crippen LogP contribution in [0.25, 0.3) is 22.3 Å². The lowest BCUT2D eigenvalue weighted by Gasteiger charge is -2.27. The molecular weight excluding hydrogens is 1950 g/mol. The summed E-state index contributed by atoms with van der Waals surface area (Å²) < 4.78 is 189. The number of amides is 1. The Balaban J connectivity index is 0.676. The molecule has 66 nitrogen and oxygen atoms in total. The Labute approximate surface area is 749 Å². The highest BCUT2D eigenvalue weighted by atomic mass is 31.2. The van der Waals surface area contributed by atoms with Gasteiger partial charge in [-0.1, -0.05) is 0 Å². The van der Waals surface area contributed by atoms with Gasteiger partial charge in [0.25, 0.3) is 11.1 Å². The molecule has 0 aromatic carbocycles. The number of aliphatic hydroxyl groups is 5. The molecule has 6 fully saturated rings. The van der Waals surface area contributed by atoms with Gasteiger partial charge < -0.3 is 122 Å². The monoisotopic (exact) mass is 2040 g/mol. The van der Waals surface area contributed by atoms with E-state index in [0.717, 1.165) is 85.1 Å². The fourth-order valence-electron chi connectivity index (χ4n) is 14.5. The van der Waals surface area contributed by atoms with Crippen LogP contribution in [0.15, 0.2) is 91.0 Å². The van der Waals surface area contributed by atoms with E-state index in [-0.39, 0.29) is 50.9 Å². The summed E-state index contributed by atoms with van der Waals surface area (Å²) in [4.78, 5) is 204. The van der Waals surface area contributed by atoms with E-state index < -0.39 is 305 Å². The SMILES string of the molecule is Cc1cn([C@H]2C[C@H](OP(=O)(O)OC[C@H]3O[C@@H](n4cnc5c(N)ncnc54)[C@H](O)[C@@H]3OP(=O)(O)OC[C@H]3O[C@@H](n4ccc(N)nc4=O)[C@H](O)[C@@H]3OP(=O)(O)OC[C@H]3O[C@@H](n4cc(C)c(=O)[nH]c4=O)C[C@@H]3OP(=O)(O)OC[C@H]3O[C@@H](n4cnc5c(N)ncnc54)[C@H](O)[C@@H]3OP(=O)(O)OC[C@H]3O[C@@H](n4ccc(N)nc4=O)[C@H](O)[C@@H]3O)[C@@H](COP(=O)(O)OC[C@H](N)C(=O)NCC(=O)O)O2)c(=O)[nH]c1=O. The Morgan fingerprint density at radius 1 is 0.459 bits per heavy atom. The van der Waals surface area contributed by atoms with E-state index in [9.17, 15) is 121 Å². The van der Waals surface area contributed by atoms with Crippen LogP contribution >= 0.6 is 46.9 Å². The van der Waals surface area contributed by atoms with Crippen LogP contribution in [0.1, 0.15) is 61.3 Å². The normalized spacial score (nSPS) is 30.5. The van der Waals surface area contributed by atoms with Crippen LogP contribution in [-0.2, 0) is 120 Å². The van der Waals surface area contributed by atoms with Crippen molar-refractivity contribution in [3.05, 3.63) is 136 Å². The number of aliphatic carboxylic acids is 1. The van der Waals surface area contributed by atoms with Gasteiger partial charge in [0.2, 0.25) is 5.91 Å². The number of hydrogen-bond donors (Lipinski definition) is 20. The van der Waals surface area contributed by atoms with Crippen molar-refractivity contribution >= 4 is 104 Å². The molecule has 29 atom stereocenters. The van der Waals surface area contributed by atoms with Gasteiger partial charge in [0.15, 0.2) is 47.8 Å². The number of aryl methyl sites for hydroxylation is 2. The largest absolute Gasteiger partial charge is 0.480 e. The summed E-state index contributed by atoms with van der Waals surface area (Å²) in [5, 5.41) is 68.5. The van der Waals surface area contributed by atoms with Crippen LogP contribution in [-0.4, -0.2) is 306 Å². The van der Waals surface area contributed by atoms with Crippen molar-refractivity contribution in [1.29, 1.82) is 0 Å². The fourth-order valence-corrected chi connectivity index (χ4v) is 20.1. The minimum Gasteiger partial charge on any atom is -0.480 e. The highest BCUT2D eigenvalue weighted by Crippen LogP contribution is 2.57. The summed E-state index contributed by atoms with van der Waals surface area (Å²) in [5.41, 5.74) is 22.0. The maximum atomic E-state index is 14.5. The molecule has 1 amide bonds. The number of aliphatic hydroxyl groups excluding tert-OH is 5.